The van der Waals surface area contributed by atoms with Crippen molar-refractivity contribution in [1.82, 2.24) is 5.32 Å². The van der Waals surface area contributed by atoms with E-state index in [1.165, 1.54) is 31.2 Å². The van der Waals surface area contributed by atoms with Crippen molar-refractivity contribution >= 4 is 0 Å². The molecule has 1 aromatic carbocycles. The van der Waals surface area contributed by atoms with Crippen molar-refractivity contribution in [1.29, 1.82) is 0 Å². The van der Waals surface area contributed by atoms with Crippen LogP contribution in [0.15, 0.2) is 30.3 Å². The first-order valence-corrected chi connectivity index (χ1v) is 7.99. The van der Waals surface area contributed by atoms with Gasteiger partial charge < -0.3 is 0 Å². The van der Waals surface area contributed by atoms with Gasteiger partial charge in [0.1, 0.15) is 0 Å². The molecule has 0 aliphatic rings. The summed E-state index contributed by atoms with van der Waals surface area (Å²) >= 11 is 0. The van der Waals surface area contributed by atoms with E-state index in [-0.39, 0.29) is 5.54 Å². The zero-order valence-corrected chi connectivity index (χ0v) is 13.3. The maximum Gasteiger partial charge on any atom is 0.0775 e. The molecule has 0 bridgehead atoms. The van der Waals surface area contributed by atoms with Crippen LogP contribution < -0.4 is 5.32 Å². The predicted octanol–water partition coefficient (Wildman–Crippen LogP) is 4.92. The lowest BCUT2D eigenvalue weighted by Crippen LogP contribution is -2.40. The van der Waals surface area contributed by atoms with Gasteiger partial charge in [0.2, 0.25) is 0 Å². The molecule has 1 N–H and O–H groups in total. The summed E-state index contributed by atoms with van der Waals surface area (Å²) in [5.41, 5.74) is 1.27. The number of unbranched alkanes of at least 4 members (excludes halogenated alkanes) is 3. The zero-order valence-electron chi connectivity index (χ0n) is 13.3. The molecule has 0 aliphatic heterocycles. The van der Waals surface area contributed by atoms with Crippen LogP contribution in [-0.2, 0) is 6.54 Å². The van der Waals surface area contributed by atoms with Gasteiger partial charge in [0.05, 0.1) is 5.54 Å². The van der Waals surface area contributed by atoms with Gasteiger partial charge in [0, 0.05) is 13.0 Å². The number of hydrogen-bond donors (Lipinski definition) is 1. The summed E-state index contributed by atoms with van der Waals surface area (Å²) in [6.07, 6.45) is 7.01. The SMILES string of the molecule is CCCCC#CC(C)(CCCC)NCc1ccccc1. The van der Waals surface area contributed by atoms with E-state index in [2.05, 4.69) is 68.3 Å². The van der Waals surface area contributed by atoms with Gasteiger partial charge >= 0.3 is 0 Å². The maximum atomic E-state index is 3.65. The standard InChI is InChI=1S/C19H29N/c1-4-6-8-12-16-19(3,15-7-5-2)20-17-18-13-10-9-11-14-18/h9-11,13-14,20H,4-8,15,17H2,1-3H3. The number of hydrogen-bond acceptors (Lipinski definition) is 1. The third kappa shape index (κ3) is 6.78. The minimum Gasteiger partial charge on any atom is -0.297 e. The van der Waals surface area contributed by atoms with Gasteiger partial charge in [-0.1, -0.05) is 69.4 Å². The lowest BCUT2D eigenvalue weighted by molar-refractivity contribution is 0.407. The normalized spacial score (nSPS) is 13.3. The molecule has 1 aromatic rings. The average Bonchev–Trinajstić information content (AvgIpc) is 2.49. The molecule has 1 unspecified atom stereocenters. The van der Waals surface area contributed by atoms with Crippen molar-refractivity contribution < 1.29 is 0 Å². The first-order chi connectivity index (χ1) is 9.70. The summed E-state index contributed by atoms with van der Waals surface area (Å²) in [5.74, 6) is 6.83. The summed E-state index contributed by atoms with van der Waals surface area (Å²) in [5, 5.41) is 3.65. The molecule has 0 saturated heterocycles. The zero-order chi connectivity index (χ0) is 14.7. The monoisotopic (exact) mass is 271 g/mol. The molecule has 0 fully saturated rings. The largest absolute Gasteiger partial charge is 0.297 e. The number of benzene rings is 1. The van der Waals surface area contributed by atoms with Crippen molar-refractivity contribution in [3.63, 3.8) is 0 Å². The Bertz CT molecular complexity index is 412. The molecule has 0 amide bonds. The highest BCUT2D eigenvalue weighted by Gasteiger charge is 2.19. The minimum absolute atomic E-state index is 0.0560. The van der Waals surface area contributed by atoms with E-state index in [1.807, 2.05) is 0 Å². The van der Waals surface area contributed by atoms with E-state index < -0.39 is 0 Å². The van der Waals surface area contributed by atoms with E-state index >= 15 is 0 Å². The molecular formula is C19H29N. The van der Waals surface area contributed by atoms with Gasteiger partial charge in [0.15, 0.2) is 0 Å². The van der Waals surface area contributed by atoms with Gasteiger partial charge in [-0.25, -0.2) is 0 Å². The molecule has 0 aliphatic carbocycles. The average molecular weight is 271 g/mol. The molecule has 1 nitrogen and oxygen atoms in total. The Labute approximate surface area is 125 Å². The van der Waals surface area contributed by atoms with Crippen molar-refractivity contribution in [2.45, 2.75) is 71.4 Å². The summed E-state index contributed by atoms with van der Waals surface area (Å²) in [4.78, 5) is 0. The summed E-state index contributed by atoms with van der Waals surface area (Å²) in [6, 6.07) is 10.6. The van der Waals surface area contributed by atoms with E-state index in [0.717, 1.165) is 19.4 Å². The molecule has 0 spiro atoms. The molecule has 0 saturated carbocycles. The van der Waals surface area contributed by atoms with Crippen LogP contribution in [0.1, 0.15) is 64.9 Å². The van der Waals surface area contributed by atoms with E-state index in [4.69, 9.17) is 0 Å². The van der Waals surface area contributed by atoms with Crippen molar-refractivity contribution in [3.8, 4) is 11.8 Å². The Morgan fingerprint density at radius 1 is 1.05 bits per heavy atom. The molecule has 0 heterocycles. The molecule has 1 rings (SSSR count). The highest BCUT2D eigenvalue weighted by Crippen LogP contribution is 2.14. The fraction of sp³-hybridized carbons (Fsp3) is 0.579. The van der Waals surface area contributed by atoms with Crippen LogP contribution in [0.25, 0.3) is 0 Å². The second kappa shape index (κ2) is 9.61. The second-order valence-corrected chi connectivity index (χ2v) is 5.68. The Kier molecular flexibility index (Phi) is 8.07. The van der Waals surface area contributed by atoms with Crippen LogP contribution >= 0.6 is 0 Å². The van der Waals surface area contributed by atoms with E-state index in [9.17, 15) is 0 Å². The van der Waals surface area contributed by atoms with Gasteiger partial charge in [-0.2, -0.15) is 0 Å². The Morgan fingerprint density at radius 3 is 2.40 bits per heavy atom. The van der Waals surface area contributed by atoms with Crippen LogP contribution in [0, 0.1) is 11.8 Å². The molecule has 0 radical (unpaired) electrons. The minimum atomic E-state index is -0.0560. The second-order valence-electron chi connectivity index (χ2n) is 5.68. The highest BCUT2D eigenvalue weighted by atomic mass is 14.9. The molecule has 20 heavy (non-hydrogen) atoms. The van der Waals surface area contributed by atoms with Gasteiger partial charge in [0.25, 0.3) is 0 Å². The molecule has 1 heteroatoms. The Morgan fingerprint density at radius 2 is 1.75 bits per heavy atom. The fourth-order valence-corrected chi connectivity index (χ4v) is 2.14. The van der Waals surface area contributed by atoms with Crippen molar-refractivity contribution in [2.75, 3.05) is 0 Å². The number of nitrogens with one attached hydrogen (secondary N) is 1. The summed E-state index contributed by atoms with van der Waals surface area (Å²) in [6.45, 7) is 7.59. The Balaban J connectivity index is 2.59. The third-order valence-corrected chi connectivity index (χ3v) is 3.58. The first-order valence-electron chi connectivity index (χ1n) is 7.99. The fourth-order valence-electron chi connectivity index (χ4n) is 2.14. The summed E-state index contributed by atoms with van der Waals surface area (Å²) < 4.78 is 0. The number of rotatable bonds is 8. The van der Waals surface area contributed by atoms with Crippen LogP contribution in [0.5, 0.6) is 0 Å². The van der Waals surface area contributed by atoms with Crippen molar-refractivity contribution in [3.05, 3.63) is 35.9 Å². The maximum absolute atomic E-state index is 3.65. The van der Waals surface area contributed by atoms with Gasteiger partial charge in [-0.3, -0.25) is 5.32 Å². The summed E-state index contributed by atoms with van der Waals surface area (Å²) in [7, 11) is 0. The molecule has 1 atom stereocenters. The van der Waals surface area contributed by atoms with Crippen molar-refractivity contribution in [2.24, 2.45) is 0 Å². The highest BCUT2D eigenvalue weighted by molar-refractivity contribution is 5.19. The smallest absolute Gasteiger partial charge is 0.0775 e. The van der Waals surface area contributed by atoms with Crippen LogP contribution in [0.2, 0.25) is 0 Å². The predicted molar refractivity (Wildman–Crippen MR) is 88.5 cm³/mol. The topological polar surface area (TPSA) is 12.0 Å². The Hall–Kier alpha value is -1.26. The lowest BCUT2D eigenvalue weighted by atomic mass is 9.94. The molecular weight excluding hydrogens is 242 g/mol. The van der Waals surface area contributed by atoms with Gasteiger partial charge in [-0.15, -0.1) is 5.92 Å². The lowest BCUT2D eigenvalue weighted by Gasteiger charge is -2.25. The van der Waals surface area contributed by atoms with Crippen LogP contribution in [-0.4, -0.2) is 5.54 Å². The third-order valence-electron chi connectivity index (χ3n) is 3.58. The van der Waals surface area contributed by atoms with E-state index in [1.54, 1.807) is 0 Å². The van der Waals surface area contributed by atoms with Crippen LogP contribution in [0.3, 0.4) is 0 Å². The molecule has 0 aromatic heterocycles. The molecule has 110 valence electrons. The quantitative estimate of drug-likeness (QED) is 0.523. The van der Waals surface area contributed by atoms with Gasteiger partial charge in [-0.05, 0) is 25.3 Å². The first kappa shape index (κ1) is 16.8. The van der Waals surface area contributed by atoms with E-state index in [0.29, 0.717) is 0 Å². The van der Waals surface area contributed by atoms with Crippen LogP contribution in [0.4, 0.5) is 0 Å².